The third-order valence-electron chi connectivity index (χ3n) is 4.33. The maximum atomic E-state index is 10.7. The molecule has 6 heteroatoms. The monoisotopic (exact) mass is 326 g/mol. The molecule has 0 aliphatic rings. The van der Waals surface area contributed by atoms with Crippen LogP contribution in [0.15, 0.2) is 36.1 Å². The Kier molecular flexibility index (Phi) is 6.73. The molecular formula is C17H26O6. The molecular weight excluding hydrogens is 300 g/mol. The van der Waals surface area contributed by atoms with Crippen LogP contribution >= 0.6 is 0 Å². The van der Waals surface area contributed by atoms with E-state index < -0.39 is 35.8 Å². The van der Waals surface area contributed by atoms with Gasteiger partial charge in [0.25, 0.3) is 0 Å². The molecule has 0 spiro atoms. The lowest BCUT2D eigenvalue weighted by Gasteiger charge is -2.43. The van der Waals surface area contributed by atoms with Crippen molar-refractivity contribution in [3.63, 3.8) is 0 Å². The van der Waals surface area contributed by atoms with Gasteiger partial charge in [-0.1, -0.05) is 44.2 Å². The molecule has 1 aromatic carbocycles. The zero-order valence-corrected chi connectivity index (χ0v) is 13.4. The lowest BCUT2D eigenvalue weighted by atomic mass is 9.76. The summed E-state index contributed by atoms with van der Waals surface area (Å²) in [6, 6.07) is 8.69. The fourth-order valence-electron chi connectivity index (χ4n) is 2.53. The van der Waals surface area contributed by atoms with Gasteiger partial charge in [0, 0.05) is 0 Å². The molecule has 0 radical (unpaired) electrons. The zero-order chi connectivity index (χ0) is 17.7. The summed E-state index contributed by atoms with van der Waals surface area (Å²) in [6.07, 6.45) is -2.51. The van der Waals surface area contributed by atoms with Gasteiger partial charge in [-0.05, 0) is 24.5 Å². The average molecular weight is 326 g/mol. The second-order valence-electron chi connectivity index (χ2n) is 5.66. The van der Waals surface area contributed by atoms with Crippen molar-refractivity contribution in [1.29, 1.82) is 0 Å². The smallest absolute Gasteiger partial charge is 0.149 e. The second-order valence-corrected chi connectivity index (χ2v) is 5.66. The second kappa shape index (κ2) is 7.90. The van der Waals surface area contributed by atoms with Gasteiger partial charge in [0.15, 0.2) is 0 Å². The number of aliphatic hydroxyl groups excluding tert-OH is 4. The Morgan fingerprint density at radius 2 is 1.65 bits per heavy atom. The Balaban J connectivity index is 3.24. The van der Waals surface area contributed by atoms with Crippen molar-refractivity contribution in [3.05, 3.63) is 41.7 Å². The van der Waals surface area contributed by atoms with E-state index in [9.17, 15) is 25.5 Å². The van der Waals surface area contributed by atoms with Gasteiger partial charge in [-0.3, -0.25) is 0 Å². The molecule has 0 aliphatic carbocycles. The Hall–Kier alpha value is -1.44. The molecule has 23 heavy (non-hydrogen) atoms. The van der Waals surface area contributed by atoms with Crippen molar-refractivity contribution < 1.29 is 30.6 Å². The number of benzene rings is 1. The van der Waals surface area contributed by atoms with Gasteiger partial charge in [-0.2, -0.15) is 0 Å². The van der Waals surface area contributed by atoms with E-state index in [2.05, 4.69) is 0 Å². The van der Waals surface area contributed by atoms with E-state index in [0.29, 0.717) is 5.56 Å². The molecule has 0 heterocycles. The molecule has 6 N–H and O–H groups in total. The highest BCUT2D eigenvalue weighted by atomic mass is 16.4. The standard InChI is InChI=1S/C17H26O6/c1-3-16(22,13(19)10-12-8-6-5-7-9-12)15(21)17(23,4-2)14(20)11-18/h5-10,14-15,18-23H,3-4,11H2,1-2H3/t14-,15-,16+,17-/m1/s1. The summed E-state index contributed by atoms with van der Waals surface area (Å²) in [7, 11) is 0. The minimum atomic E-state index is -2.17. The zero-order valence-electron chi connectivity index (χ0n) is 13.4. The van der Waals surface area contributed by atoms with Crippen molar-refractivity contribution in [3.8, 4) is 0 Å². The lowest BCUT2D eigenvalue weighted by molar-refractivity contribution is -0.213. The van der Waals surface area contributed by atoms with Crippen LogP contribution in [0.25, 0.3) is 6.08 Å². The minimum Gasteiger partial charge on any atom is -0.509 e. The summed E-state index contributed by atoms with van der Waals surface area (Å²) in [6.45, 7) is 2.24. The number of rotatable bonds is 8. The first-order valence-corrected chi connectivity index (χ1v) is 7.64. The topological polar surface area (TPSA) is 121 Å². The molecule has 1 aromatic rings. The van der Waals surface area contributed by atoms with Crippen LogP contribution in [0.1, 0.15) is 32.3 Å². The molecule has 130 valence electrons. The molecule has 0 saturated heterocycles. The van der Waals surface area contributed by atoms with Crippen molar-refractivity contribution in [1.82, 2.24) is 0 Å². The van der Waals surface area contributed by atoms with Crippen LogP contribution in [0.3, 0.4) is 0 Å². The number of hydrogen-bond acceptors (Lipinski definition) is 6. The molecule has 0 amide bonds. The van der Waals surface area contributed by atoms with E-state index in [1.165, 1.54) is 19.9 Å². The normalized spacial score (nSPS) is 20.4. The molecule has 0 aromatic heterocycles. The summed E-state index contributed by atoms with van der Waals surface area (Å²) in [5.74, 6) is -0.532. The largest absolute Gasteiger partial charge is 0.509 e. The van der Waals surface area contributed by atoms with Crippen LogP contribution in [0.4, 0.5) is 0 Å². The van der Waals surface area contributed by atoms with Crippen LogP contribution < -0.4 is 0 Å². The van der Waals surface area contributed by atoms with Gasteiger partial charge in [0.1, 0.15) is 29.2 Å². The van der Waals surface area contributed by atoms with Crippen LogP contribution in [-0.4, -0.2) is 60.7 Å². The van der Waals surface area contributed by atoms with Gasteiger partial charge in [-0.25, -0.2) is 0 Å². The predicted octanol–water partition coefficient (Wildman–Crippen LogP) is 0.582. The van der Waals surface area contributed by atoms with Gasteiger partial charge in [-0.15, -0.1) is 0 Å². The Labute approximate surface area is 136 Å². The summed E-state index contributed by atoms with van der Waals surface area (Å²) in [4.78, 5) is 0. The van der Waals surface area contributed by atoms with Crippen molar-refractivity contribution in [2.24, 2.45) is 0 Å². The fraction of sp³-hybridized carbons (Fsp3) is 0.529. The van der Waals surface area contributed by atoms with Gasteiger partial charge in [0.2, 0.25) is 0 Å². The molecule has 0 unspecified atom stereocenters. The van der Waals surface area contributed by atoms with E-state index in [-0.39, 0.29) is 12.8 Å². The maximum Gasteiger partial charge on any atom is 0.149 e. The van der Waals surface area contributed by atoms with E-state index in [0.717, 1.165) is 0 Å². The van der Waals surface area contributed by atoms with E-state index in [1.807, 2.05) is 0 Å². The summed E-state index contributed by atoms with van der Waals surface area (Å²) in [5.41, 5.74) is -3.73. The van der Waals surface area contributed by atoms with Crippen LogP contribution in [0.5, 0.6) is 0 Å². The third-order valence-corrected chi connectivity index (χ3v) is 4.33. The SMILES string of the molecule is CC[C@@](O)([C@H](O)CO)[C@H](O)[C@](O)(CC)C(O)=Cc1ccccc1. The molecule has 0 fully saturated rings. The van der Waals surface area contributed by atoms with Crippen LogP contribution in [0.2, 0.25) is 0 Å². The molecule has 1 rings (SSSR count). The van der Waals surface area contributed by atoms with Gasteiger partial charge in [0.05, 0.1) is 6.61 Å². The highest BCUT2D eigenvalue weighted by Crippen LogP contribution is 2.34. The van der Waals surface area contributed by atoms with Gasteiger partial charge >= 0.3 is 0 Å². The first kappa shape index (κ1) is 19.6. The van der Waals surface area contributed by atoms with Crippen LogP contribution in [-0.2, 0) is 0 Å². The fourth-order valence-corrected chi connectivity index (χ4v) is 2.53. The van der Waals surface area contributed by atoms with Gasteiger partial charge < -0.3 is 30.6 Å². The minimum absolute atomic E-state index is 0.107. The van der Waals surface area contributed by atoms with E-state index in [1.54, 1.807) is 30.3 Å². The predicted molar refractivity (Wildman–Crippen MR) is 86.6 cm³/mol. The molecule has 6 nitrogen and oxygen atoms in total. The summed E-state index contributed by atoms with van der Waals surface area (Å²) >= 11 is 0. The lowest BCUT2D eigenvalue weighted by Crippen LogP contribution is -2.63. The Morgan fingerprint density at radius 1 is 1.09 bits per heavy atom. The Bertz CT molecular complexity index is 517. The molecule has 0 aliphatic heterocycles. The Morgan fingerprint density at radius 3 is 2.09 bits per heavy atom. The first-order valence-electron chi connectivity index (χ1n) is 7.64. The number of aliphatic hydroxyl groups is 6. The third kappa shape index (κ3) is 3.91. The van der Waals surface area contributed by atoms with Crippen LogP contribution in [0, 0.1) is 0 Å². The van der Waals surface area contributed by atoms with E-state index in [4.69, 9.17) is 5.11 Å². The number of hydrogen-bond donors (Lipinski definition) is 6. The van der Waals surface area contributed by atoms with Crippen molar-refractivity contribution in [2.45, 2.75) is 50.1 Å². The summed E-state index contributed by atoms with van der Waals surface area (Å²) in [5, 5.41) is 60.8. The quantitative estimate of drug-likeness (QED) is 0.389. The average Bonchev–Trinajstić information content (AvgIpc) is 2.59. The molecule has 4 atom stereocenters. The highest BCUT2D eigenvalue weighted by molar-refractivity contribution is 5.53. The van der Waals surface area contributed by atoms with Crippen molar-refractivity contribution >= 4 is 6.08 Å². The molecule has 0 bridgehead atoms. The van der Waals surface area contributed by atoms with E-state index >= 15 is 0 Å². The summed E-state index contributed by atoms with van der Waals surface area (Å²) < 4.78 is 0. The maximum absolute atomic E-state index is 10.7. The van der Waals surface area contributed by atoms with Crippen molar-refractivity contribution in [2.75, 3.05) is 6.61 Å². The molecule has 0 saturated carbocycles. The highest BCUT2D eigenvalue weighted by Gasteiger charge is 2.52. The first-order chi connectivity index (χ1) is 10.8.